The van der Waals surface area contributed by atoms with Crippen molar-refractivity contribution < 1.29 is 9.53 Å². The predicted octanol–water partition coefficient (Wildman–Crippen LogP) is 2.81. The molecule has 0 aliphatic heterocycles. The van der Waals surface area contributed by atoms with Crippen molar-refractivity contribution in [3.8, 4) is 0 Å². The molecule has 0 saturated carbocycles. The summed E-state index contributed by atoms with van der Waals surface area (Å²) in [5, 5.41) is 0. The number of carbonyl (C=O) groups is 1. The van der Waals surface area contributed by atoms with Gasteiger partial charge < -0.3 is 9.64 Å². The van der Waals surface area contributed by atoms with Crippen LogP contribution in [0.15, 0.2) is 18.3 Å². The largest absolute Gasteiger partial charge is 0.444 e. The third-order valence-corrected chi connectivity index (χ3v) is 3.28. The van der Waals surface area contributed by atoms with E-state index >= 15 is 0 Å². The third kappa shape index (κ3) is 3.25. The van der Waals surface area contributed by atoms with E-state index in [2.05, 4.69) is 11.1 Å². The number of carbonyl (C=O) groups excluding carboxylic acids is 1. The molecule has 1 amide bonds. The molecule has 0 unspecified atom stereocenters. The molecule has 0 fully saturated rings. The maximum absolute atomic E-state index is 12.2. The SMILES string of the molecule is CCN(C(=O)OC(C)(C)C)[C@H]1Cc2cccnc2C1. The van der Waals surface area contributed by atoms with Crippen molar-refractivity contribution in [2.24, 2.45) is 0 Å². The van der Waals surface area contributed by atoms with Crippen LogP contribution in [0, 0.1) is 0 Å². The molecule has 1 heterocycles. The smallest absolute Gasteiger partial charge is 0.410 e. The molecule has 4 heteroatoms. The van der Waals surface area contributed by atoms with Crippen molar-refractivity contribution in [1.82, 2.24) is 9.88 Å². The fourth-order valence-electron chi connectivity index (χ4n) is 2.47. The minimum Gasteiger partial charge on any atom is -0.444 e. The Hall–Kier alpha value is -1.58. The van der Waals surface area contributed by atoms with Gasteiger partial charge in [0.15, 0.2) is 0 Å². The van der Waals surface area contributed by atoms with E-state index in [1.54, 1.807) is 0 Å². The van der Waals surface area contributed by atoms with E-state index < -0.39 is 5.60 Å². The first-order valence-corrected chi connectivity index (χ1v) is 6.83. The number of fused-ring (bicyclic) bond motifs is 1. The minimum atomic E-state index is -0.450. The molecule has 0 saturated heterocycles. The van der Waals surface area contributed by atoms with Gasteiger partial charge in [-0.3, -0.25) is 4.98 Å². The molecule has 1 aliphatic carbocycles. The van der Waals surface area contributed by atoms with Gasteiger partial charge in [-0.15, -0.1) is 0 Å². The molecule has 104 valence electrons. The van der Waals surface area contributed by atoms with Crippen molar-refractivity contribution >= 4 is 6.09 Å². The summed E-state index contributed by atoms with van der Waals surface area (Å²) in [6, 6.07) is 4.21. The lowest BCUT2D eigenvalue weighted by molar-refractivity contribution is 0.0181. The van der Waals surface area contributed by atoms with Crippen LogP contribution in [0.1, 0.15) is 39.0 Å². The molecule has 4 nitrogen and oxygen atoms in total. The maximum Gasteiger partial charge on any atom is 0.410 e. The van der Waals surface area contributed by atoms with Gasteiger partial charge in [0.1, 0.15) is 5.60 Å². The monoisotopic (exact) mass is 262 g/mol. The Morgan fingerprint density at radius 1 is 1.47 bits per heavy atom. The summed E-state index contributed by atoms with van der Waals surface area (Å²) in [5.41, 5.74) is 1.90. The molecule has 2 rings (SSSR count). The number of pyridine rings is 1. The molecule has 0 aromatic carbocycles. The predicted molar refractivity (Wildman–Crippen MR) is 74.0 cm³/mol. The maximum atomic E-state index is 12.2. The van der Waals surface area contributed by atoms with Gasteiger partial charge in [-0.1, -0.05) is 6.07 Å². The van der Waals surface area contributed by atoms with Gasteiger partial charge in [0, 0.05) is 30.9 Å². The fourth-order valence-corrected chi connectivity index (χ4v) is 2.47. The Balaban J connectivity index is 2.07. The van der Waals surface area contributed by atoms with Crippen LogP contribution in [0.4, 0.5) is 4.79 Å². The second-order valence-corrected chi connectivity index (χ2v) is 5.94. The topological polar surface area (TPSA) is 42.4 Å². The van der Waals surface area contributed by atoms with Gasteiger partial charge in [0.05, 0.1) is 0 Å². The van der Waals surface area contributed by atoms with Crippen molar-refractivity contribution in [2.45, 2.75) is 52.2 Å². The van der Waals surface area contributed by atoms with Crippen LogP contribution in [0.3, 0.4) is 0 Å². The summed E-state index contributed by atoms with van der Waals surface area (Å²) in [6.45, 7) is 8.32. The van der Waals surface area contributed by atoms with E-state index in [0.717, 1.165) is 18.5 Å². The highest BCUT2D eigenvalue weighted by Gasteiger charge is 2.32. The standard InChI is InChI=1S/C15H22N2O2/c1-5-17(14(18)19-15(2,3)4)12-9-11-7-6-8-16-13(11)10-12/h6-8,12H,5,9-10H2,1-4H3/t12-/m0/s1. The zero-order valence-corrected chi connectivity index (χ0v) is 12.1. The van der Waals surface area contributed by atoms with E-state index in [9.17, 15) is 4.79 Å². The second kappa shape index (κ2) is 5.19. The molecule has 0 radical (unpaired) electrons. The van der Waals surface area contributed by atoms with E-state index in [1.165, 1.54) is 5.56 Å². The van der Waals surface area contributed by atoms with Gasteiger partial charge in [-0.25, -0.2) is 4.79 Å². The summed E-state index contributed by atoms with van der Waals surface area (Å²) < 4.78 is 5.47. The molecule has 1 aromatic heterocycles. The van der Waals surface area contributed by atoms with Gasteiger partial charge >= 0.3 is 6.09 Å². The van der Waals surface area contributed by atoms with Crippen LogP contribution in [0.2, 0.25) is 0 Å². The summed E-state index contributed by atoms with van der Waals surface area (Å²) in [5.74, 6) is 0. The van der Waals surface area contributed by atoms with Crippen LogP contribution in [-0.2, 0) is 17.6 Å². The third-order valence-electron chi connectivity index (χ3n) is 3.28. The Kier molecular flexibility index (Phi) is 3.78. The van der Waals surface area contributed by atoms with E-state index in [1.807, 2.05) is 44.9 Å². The van der Waals surface area contributed by atoms with Crippen molar-refractivity contribution in [1.29, 1.82) is 0 Å². The van der Waals surface area contributed by atoms with E-state index in [0.29, 0.717) is 6.54 Å². The molecule has 1 atom stereocenters. The molecule has 0 bridgehead atoms. The molecule has 0 spiro atoms. The molecular formula is C15H22N2O2. The van der Waals surface area contributed by atoms with Crippen molar-refractivity contribution in [3.63, 3.8) is 0 Å². The second-order valence-electron chi connectivity index (χ2n) is 5.94. The van der Waals surface area contributed by atoms with Crippen LogP contribution in [-0.4, -0.2) is 34.2 Å². The van der Waals surface area contributed by atoms with Gasteiger partial charge in [-0.2, -0.15) is 0 Å². The number of hydrogen-bond acceptors (Lipinski definition) is 3. The Bertz CT molecular complexity index is 440. The van der Waals surface area contributed by atoms with Crippen molar-refractivity contribution in [3.05, 3.63) is 29.6 Å². The number of ether oxygens (including phenoxy) is 1. The molecular weight excluding hydrogens is 240 g/mol. The fraction of sp³-hybridized carbons (Fsp3) is 0.600. The average molecular weight is 262 g/mol. The Morgan fingerprint density at radius 2 is 2.21 bits per heavy atom. The molecule has 19 heavy (non-hydrogen) atoms. The highest BCUT2D eigenvalue weighted by molar-refractivity contribution is 5.68. The minimum absolute atomic E-state index is 0.171. The number of aromatic nitrogens is 1. The molecule has 1 aliphatic rings. The van der Waals surface area contributed by atoms with Crippen LogP contribution >= 0.6 is 0 Å². The number of likely N-dealkylation sites (N-methyl/N-ethyl adjacent to an activating group) is 1. The lowest BCUT2D eigenvalue weighted by atomic mass is 10.2. The lowest BCUT2D eigenvalue weighted by Crippen LogP contribution is -2.43. The van der Waals surface area contributed by atoms with Gasteiger partial charge in [0.25, 0.3) is 0 Å². The van der Waals surface area contributed by atoms with Crippen LogP contribution in [0.5, 0.6) is 0 Å². The highest BCUT2D eigenvalue weighted by Crippen LogP contribution is 2.24. The number of amides is 1. The molecule has 1 aromatic rings. The summed E-state index contributed by atoms with van der Waals surface area (Å²) in [7, 11) is 0. The highest BCUT2D eigenvalue weighted by atomic mass is 16.6. The normalized spacial score (nSPS) is 18.0. The van der Waals surface area contributed by atoms with E-state index in [-0.39, 0.29) is 12.1 Å². The number of hydrogen-bond donors (Lipinski definition) is 0. The zero-order chi connectivity index (χ0) is 14.0. The summed E-state index contributed by atoms with van der Waals surface area (Å²) >= 11 is 0. The van der Waals surface area contributed by atoms with Crippen molar-refractivity contribution in [2.75, 3.05) is 6.54 Å². The molecule has 0 N–H and O–H groups in total. The van der Waals surface area contributed by atoms with Crippen LogP contribution in [0.25, 0.3) is 0 Å². The van der Waals surface area contributed by atoms with Crippen LogP contribution < -0.4 is 0 Å². The summed E-state index contributed by atoms with van der Waals surface area (Å²) in [4.78, 5) is 18.4. The Morgan fingerprint density at radius 3 is 2.79 bits per heavy atom. The summed E-state index contributed by atoms with van der Waals surface area (Å²) in [6.07, 6.45) is 3.28. The first kappa shape index (κ1) is 13.8. The Labute approximate surface area is 114 Å². The average Bonchev–Trinajstić information content (AvgIpc) is 2.70. The van der Waals surface area contributed by atoms with Gasteiger partial charge in [0.2, 0.25) is 0 Å². The van der Waals surface area contributed by atoms with E-state index in [4.69, 9.17) is 4.74 Å². The quantitative estimate of drug-likeness (QED) is 0.823. The lowest BCUT2D eigenvalue weighted by Gasteiger charge is -2.30. The first-order chi connectivity index (χ1) is 8.90. The zero-order valence-electron chi connectivity index (χ0n) is 12.1. The number of nitrogens with zero attached hydrogens (tertiary/aromatic N) is 2. The number of rotatable bonds is 2. The van der Waals surface area contributed by atoms with Gasteiger partial charge in [-0.05, 0) is 45.7 Å². The first-order valence-electron chi connectivity index (χ1n) is 6.83.